The van der Waals surface area contributed by atoms with Crippen LogP contribution in [0, 0.1) is 23.2 Å². The van der Waals surface area contributed by atoms with Crippen molar-refractivity contribution in [3.63, 3.8) is 0 Å². The van der Waals surface area contributed by atoms with Crippen LogP contribution < -0.4 is 10.6 Å². The van der Waals surface area contributed by atoms with Gasteiger partial charge in [-0.1, -0.05) is 0 Å². The first kappa shape index (κ1) is 21.9. The number of rotatable bonds is 6. The molecule has 4 fully saturated rings. The lowest BCUT2D eigenvalue weighted by atomic mass is 9.49. The van der Waals surface area contributed by atoms with Crippen LogP contribution in [0.3, 0.4) is 0 Å². The van der Waals surface area contributed by atoms with Crippen molar-refractivity contribution < 1.29 is 5.11 Å². The van der Waals surface area contributed by atoms with Gasteiger partial charge in [-0.15, -0.1) is 24.0 Å². The molecule has 4 bridgehead atoms. The maximum atomic E-state index is 10.8. The molecule has 1 heterocycles. The smallest absolute Gasteiger partial charge is 0.191 e. The van der Waals surface area contributed by atoms with Gasteiger partial charge in [0.25, 0.3) is 0 Å². The monoisotopic (exact) mass is 501 g/mol. The molecule has 0 saturated heterocycles. The number of aromatic nitrogens is 2. The summed E-state index contributed by atoms with van der Waals surface area (Å²) in [6.07, 6.45) is 12.1. The first-order valence-corrected chi connectivity index (χ1v) is 10.6. The maximum Gasteiger partial charge on any atom is 0.191 e. The number of aliphatic imine (C=N–C) groups is 1. The topological polar surface area (TPSA) is 74.5 Å². The molecule has 1 aromatic rings. The molecule has 0 aliphatic heterocycles. The summed E-state index contributed by atoms with van der Waals surface area (Å²) in [6.45, 7) is 6.03. The van der Waals surface area contributed by atoms with Gasteiger partial charge in [0.05, 0.1) is 12.7 Å². The number of hydrogen-bond acceptors (Lipinski definition) is 3. The molecule has 0 aromatic carbocycles. The highest BCUT2D eigenvalue weighted by Gasteiger charge is 2.50. The molecular formula is C21H36IN5O. The highest BCUT2D eigenvalue weighted by molar-refractivity contribution is 14.0. The molecule has 4 saturated carbocycles. The second kappa shape index (κ2) is 8.50. The van der Waals surface area contributed by atoms with Crippen LogP contribution in [0.5, 0.6) is 0 Å². The predicted molar refractivity (Wildman–Crippen MR) is 123 cm³/mol. The molecule has 5 rings (SSSR count). The molecule has 6 nitrogen and oxygen atoms in total. The number of hydrogen-bond donors (Lipinski definition) is 3. The average Bonchev–Trinajstić information content (AvgIpc) is 3.04. The van der Waals surface area contributed by atoms with Crippen molar-refractivity contribution in [1.82, 2.24) is 20.4 Å². The van der Waals surface area contributed by atoms with Gasteiger partial charge in [0.1, 0.15) is 5.60 Å². The van der Waals surface area contributed by atoms with E-state index in [2.05, 4.69) is 22.7 Å². The standard InChI is InChI=1S/C21H35N5O.HI/c1-4-22-19(23-13-20(2,27)18-11-25-26(3)12-18)24-14-21-8-15-5-16(9-21)7-17(6-15)10-21;/h11-12,15-17,27H,4-10,13-14H2,1-3H3,(H2,22,23,24);1H. The maximum absolute atomic E-state index is 10.8. The zero-order valence-electron chi connectivity index (χ0n) is 17.4. The number of nitrogens with zero attached hydrogens (tertiary/aromatic N) is 3. The normalized spacial score (nSPS) is 33.3. The van der Waals surface area contributed by atoms with Crippen LogP contribution in [0.15, 0.2) is 17.4 Å². The van der Waals surface area contributed by atoms with Crippen LogP contribution in [-0.4, -0.2) is 40.5 Å². The molecule has 7 heteroatoms. The molecule has 1 unspecified atom stereocenters. The predicted octanol–water partition coefficient (Wildman–Crippen LogP) is 3.02. The number of halogens is 1. The fraction of sp³-hybridized carbons (Fsp3) is 0.810. The van der Waals surface area contributed by atoms with E-state index in [0.29, 0.717) is 12.0 Å². The number of guanidine groups is 1. The van der Waals surface area contributed by atoms with Gasteiger partial charge in [-0.05, 0) is 75.5 Å². The highest BCUT2D eigenvalue weighted by atomic mass is 127. The molecule has 0 amide bonds. The zero-order valence-corrected chi connectivity index (χ0v) is 19.8. The minimum Gasteiger partial charge on any atom is -0.383 e. The van der Waals surface area contributed by atoms with Crippen LogP contribution in [0.2, 0.25) is 0 Å². The van der Waals surface area contributed by atoms with E-state index in [1.54, 1.807) is 17.8 Å². The first-order valence-electron chi connectivity index (χ1n) is 10.6. The van der Waals surface area contributed by atoms with Gasteiger partial charge in [0, 0.05) is 31.9 Å². The fourth-order valence-electron chi connectivity index (χ4n) is 6.14. The molecule has 28 heavy (non-hydrogen) atoms. The summed E-state index contributed by atoms with van der Waals surface area (Å²) < 4.78 is 1.71. The molecule has 3 N–H and O–H groups in total. The van der Waals surface area contributed by atoms with Crippen LogP contribution in [-0.2, 0) is 12.6 Å². The molecular weight excluding hydrogens is 465 g/mol. The number of nitrogens with one attached hydrogen (secondary N) is 2. The summed E-state index contributed by atoms with van der Waals surface area (Å²) in [5, 5.41) is 21.9. The van der Waals surface area contributed by atoms with Crippen molar-refractivity contribution >= 4 is 29.9 Å². The van der Waals surface area contributed by atoms with Gasteiger partial charge in [-0.2, -0.15) is 5.10 Å². The molecule has 4 aliphatic carbocycles. The van der Waals surface area contributed by atoms with E-state index in [1.165, 1.54) is 38.5 Å². The number of aliphatic hydroxyl groups is 1. The molecule has 4 aliphatic rings. The summed E-state index contributed by atoms with van der Waals surface area (Å²) >= 11 is 0. The highest BCUT2D eigenvalue weighted by Crippen LogP contribution is 2.59. The Bertz CT molecular complexity index is 663. The minimum atomic E-state index is -1.02. The van der Waals surface area contributed by atoms with Gasteiger partial charge >= 0.3 is 0 Å². The molecule has 158 valence electrons. The Balaban J connectivity index is 0.00000225. The zero-order chi connectivity index (χ0) is 19.1. The second-order valence-corrected chi connectivity index (χ2v) is 9.64. The van der Waals surface area contributed by atoms with Crippen LogP contribution >= 0.6 is 24.0 Å². The molecule has 1 atom stereocenters. The lowest BCUT2D eigenvalue weighted by Gasteiger charge is -2.57. The van der Waals surface area contributed by atoms with Crippen molar-refractivity contribution in [2.75, 3.05) is 19.6 Å². The Morgan fingerprint density at radius 2 is 1.86 bits per heavy atom. The van der Waals surface area contributed by atoms with E-state index >= 15 is 0 Å². The van der Waals surface area contributed by atoms with Gasteiger partial charge in [-0.25, -0.2) is 4.99 Å². The number of aryl methyl sites for hydroxylation is 1. The molecule has 0 spiro atoms. The quantitative estimate of drug-likeness (QED) is 0.318. The van der Waals surface area contributed by atoms with E-state index in [4.69, 9.17) is 4.99 Å². The lowest BCUT2D eigenvalue weighted by molar-refractivity contribution is -0.0492. The van der Waals surface area contributed by atoms with Gasteiger partial charge in [0.2, 0.25) is 0 Å². The Kier molecular flexibility index (Phi) is 6.64. The Hall–Kier alpha value is -0.830. The van der Waals surface area contributed by atoms with Crippen molar-refractivity contribution in [2.24, 2.45) is 35.2 Å². The van der Waals surface area contributed by atoms with Crippen LogP contribution in [0.4, 0.5) is 0 Å². The summed E-state index contributed by atoms with van der Waals surface area (Å²) in [6, 6.07) is 0. The van der Waals surface area contributed by atoms with Crippen molar-refractivity contribution in [2.45, 2.75) is 58.0 Å². The SMILES string of the molecule is CCNC(=NCC(C)(O)c1cnn(C)c1)NCC12CC3CC(CC(C3)C1)C2.I. The van der Waals surface area contributed by atoms with E-state index in [1.807, 2.05) is 13.2 Å². The molecule has 0 radical (unpaired) electrons. The first-order chi connectivity index (χ1) is 12.9. The third-order valence-electron chi connectivity index (χ3n) is 7.01. The van der Waals surface area contributed by atoms with Crippen molar-refractivity contribution in [1.29, 1.82) is 0 Å². The summed E-state index contributed by atoms with van der Waals surface area (Å²) in [4.78, 5) is 4.70. The third-order valence-corrected chi connectivity index (χ3v) is 7.01. The molecule has 1 aromatic heterocycles. The fourth-order valence-corrected chi connectivity index (χ4v) is 6.14. The van der Waals surface area contributed by atoms with E-state index in [-0.39, 0.29) is 24.0 Å². The Morgan fingerprint density at radius 1 is 1.25 bits per heavy atom. The largest absolute Gasteiger partial charge is 0.383 e. The van der Waals surface area contributed by atoms with Crippen LogP contribution in [0.1, 0.15) is 57.9 Å². The van der Waals surface area contributed by atoms with Gasteiger partial charge < -0.3 is 15.7 Å². The Labute approximate surface area is 186 Å². The van der Waals surface area contributed by atoms with E-state index in [0.717, 1.165) is 42.4 Å². The van der Waals surface area contributed by atoms with E-state index in [9.17, 15) is 5.11 Å². The average molecular weight is 501 g/mol. The van der Waals surface area contributed by atoms with E-state index < -0.39 is 5.60 Å². The third kappa shape index (κ3) is 4.66. The minimum absolute atomic E-state index is 0. The Morgan fingerprint density at radius 3 is 2.36 bits per heavy atom. The van der Waals surface area contributed by atoms with Gasteiger partial charge in [0.15, 0.2) is 5.96 Å². The second-order valence-electron chi connectivity index (χ2n) is 9.64. The van der Waals surface area contributed by atoms with Gasteiger partial charge in [-0.3, -0.25) is 4.68 Å². The lowest BCUT2D eigenvalue weighted by Crippen LogP contribution is -2.52. The summed E-state index contributed by atoms with van der Waals surface area (Å²) in [7, 11) is 1.86. The van der Waals surface area contributed by atoms with Crippen LogP contribution in [0.25, 0.3) is 0 Å². The summed E-state index contributed by atoms with van der Waals surface area (Å²) in [5.74, 6) is 3.70. The van der Waals surface area contributed by atoms with Crippen molar-refractivity contribution in [3.05, 3.63) is 18.0 Å². The van der Waals surface area contributed by atoms with Crippen molar-refractivity contribution in [3.8, 4) is 0 Å². The summed E-state index contributed by atoms with van der Waals surface area (Å²) in [5.41, 5.74) is 0.249.